The van der Waals surface area contributed by atoms with Gasteiger partial charge < -0.3 is 15.8 Å². The Labute approximate surface area is 114 Å². The van der Waals surface area contributed by atoms with E-state index >= 15 is 0 Å². The zero-order valence-electron chi connectivity index (χ0n) is 11.9. The molecule has 1 saturated carbocycles. The van der Waals surface area contributed by atoms with Gasteiger partial charge in [0.1, 0.15) is 5.41 Å². The molecular weight excluding hydrogens is 242 g/mol. The molecule has 19 heavy (non-hydrogen) atoms. The zero-order valence-corrected chi connectivity index (χ0v) is 11.9. The molecule has 2 rings (SSSR count). The zero-order chi connectivity index (χ0) is 14.0. The third-order valence-electron chi connectivity index (χ3n) is 4.89. The number of carbonyl (C=O) groups excluding carboxylic acids is 1. The number of amides is 1. The largest absolute Gasteiger partial charge is 0.409 e. The van der Waals surface area contributed by atoms with E-state index in [9.17, 15) is 4.79 Å². The van der Waals surface area contributed by atoms with Crippen molar-refractivity contribution < 1.29 is 10.0 Å². The molecule has 2 atom stereocenters. The van der Waals surface area contributed by atoms with Gasteiger partial charge in [0.2, 0.25) is 5.91 Å². The molecule has 0 spiro atoms. The highest BCUT2D eigenvalue weighted by Gasteiger charge is 2.49. The first-order valence-electron chi connectivity index (χ1n) is 7.33. The molecule has 0 bridgehead atoms. The van der Waals surface area contributed by atoms with Gasteiger partial charge in [-0.25, -0.2) is 0 Å². The Morgan fingerprint density at radius 1 is 1.21 bits per heavy atom. The van der Waals surface area contributed by atoms with Crippen molar-refractivity contribution in [3.63, 3.8) is 0 Å². The maximum absolute atomic E-state index is 13.0. The summed E-state index contributed by atoms with van der Waals surface area (Å²) >= 11 is 0. The summed E-state index contributed by atoms with van der Waals surface area (Å²) in [6.45, 7) is 4.20. The van der Waals surface area contributed by atoms with E-state index < -0.39 is 5.41 Å². The number of oxime groups is 1. The molecule has 3 N–H and O–H groups in total. The third kappa shape index (κ3) is 2.30. The number of carbonyl (C=O) groups is 1. The van der Waals surface area contributed by atoms with E-state index in [-0.39, 0.29) is 23.8 Å². The van der Waals surface area contributed by atoms with Crippen molar-refractivity contribution in [2.45, 2.75) is 70.9 Å². The second-order valence-electron chi connectivity index (χ2n) is 6.12. The van der Waals surface area contributed by atoms with Crippen LogP contribution < -0.4 is 5.73 Å². The molecule has 5 nitrogen and oxygen atoms in total. The number of hydrogen-bond donors (Lipinski definition) is 2. The second-order valence-corrected chi connectivity index (χ2v) is 6.12. The van der Waals surface area contributed by atoms with Crippen molar-refractivity contribution >= 4 is 11.7 Å². The highest BCUT2D eigenvalue weighted by molar-refractivity contribution is 6.07. The summed E-state index contributed by atoms with van der Waals surface area (Å²) in [4.78, 5) is 15.0. The molecule has 2 aliphatic rings. The standard InChI is InChI=1S/C14H25N3O2/c1-10-6-5-7-11(2)17(10)13(18)14(12(15)16-19)8-3-4-9-14/h10-11,19H,3-9H2,1-2H3,(H2,15,16). The van der Waals surface area contributed by atoms with Crippen LogP contribution >= 0.6 is 0 Å². The number of hydrogen-bond acceptors (Lipinski definition) is 3. The Morgan fingerprint density at radius 2 is 1.74 bits per heavy atom. The van der Waals surface area contributed by atoms with Crippen molar-refractivity contribution in [1.29, 1.82) is 0 Å². The summed E-state index contributed by atoms with van der Waals surface area (Å²) in [5.74, 6) is 0.167. The molecule has 0 aromatic rings. The van der Waals surface area contributed by atoms with Gasteiger partial charge in [0.05, 0.1) is 0 Å². The van der Waals surface area contributed by atoms with E-state index in [1.165, 1.54) is 6.42 Å². The van der Waals surface area contributed by atoms with Gasteiger partial charge >= 0.3 is 0 Å². The number of amidine groups is 1. The Balaban J connectivity index is 2.29. The summed E-state index contributed by atoms with van der Waals surface area (Å²) in [5.41, 5.74) is 5.11. The fourth-order valence-electron chi connectivity index (χ4n) is 3.72. The third-order valence-corrected chi connectivity index (χ3v) is 4.89. The molecule has 1 heterocycles. The SMILES string of the molecule is CC1CCCC(C)N1C(=O)C1(C(N)=NO)CCCC1. The molecule has 1 aliphatic heterocycles. The normalized spacial score (nSPS) is 31.5. The van der Waals surface area contributed by atoms with Crippen LogP contribution in [0.5, 0.6) is 0 Å². The van der Waals surface area contributed by atoms with Crippen molar-refractivity contribution in [2.75, 3.05) is 0 Å². The quantitative estimate of drug-likeness (QED) is 0.348. The number of rotatable bonds is 2. The molecule has 1 amide bonds. The van der Waals surface area contributed by atoms with Crippen molar-refractivity contribution in [3.8, 4) is 0 Å². The smallest absolute Gasteiger partial charge is 0.237 e. The number of likely N-dealkylation sites (tertiary alicyclic amines) is 1. The number of nitrogens with zero attached hydrogens (tertiary/aromatic N) is 2. The lowest BCUT2D eigenvalue weighted by molar-refractivity contribution is -0.144. The van der Waals surface area contributed by atoms with Gasteiger partial charge in [0.15, 0.2) is 5.84 Å². The molecular formula is C14H25N3O2. The minimum Gasteiger partial charge on any atom is -0.409 e. The van der Waals surface area contributed by atoms with Gasteiger partial charge in [-0.05, 0) is 46.0 Å². The highest BCUT2D eigenvalue weighted by Crippen LogP contribution is 2.42. The number of piperidine rings is 1. The van der Waals surface area contributed by atoms with Gasteiger partial charge in [0.25, 0.3) is 0 Å². The van der Waals surface area contributed by atoms with E-state index in [0.717, 1.165) is 25.7 Å². The molecule has 108 valence electrons. The fourth-order valence-corrected chi connectivity index (χ4v) is 3.72. The first-order valence-corrected chi connectivity index (χ1v) is 7.33. The van der Waals surface area contributed by atoms with Crippen molar-refractivity contribution in [1.82, 2.24) is 4.90 Å². The summed E-state index contributed by atoms with van der Waals surface area (Å²) in [7, 11) is 0. The van der Waals surface area contributed by atoms with Crippen LogP contribution in [0.2, 0.25) is 0 Å². The summed E-state index contributed by atoms with van der Waals surface area (Å²) in [6, 6.07) is 0.500. The maximum atomic E-state index is 13.0. The van der Waals surface area contributed by atoms with Crippen LogP contribution in [0.4, 0.5) is 0 Å². The van der Waals surface area contributed by atoms with Crippen LogP contribution in [0.1, 0.15) is 58.8 Å². The monoisotopic (exact) mass is 267 g/mol. The Morgan fingerprint density at radius 3 is 2.21 bits per heavy atom. The molecule has 0 radical (unpaired) electrons. The fraction of sp³-hybridized carbons (Fsp3) is 0.857. The minimum atomic E-state index is -0.755. The van der Waals surface area contributed by atoms with Crippen LogP contribution in [-0.4, -0.2) is 33.9 Å². The summed E-state index contributed by atoms with van der Waals surface area (Å²) in [6.07, 6.45) is 6.61. The molecule has 2 fully saturated rings. The van der Waals surface area contributed by atoms with Crippen LogP contribution in [0.15, 0.2) is 5.16 Å². The first kappa shape index (κ1) is 14.2. The lowest BCUT2D eigenvalue weighted by Crippen LogP contribution is -2.56. The summed E-state index contributed by atoms with van der Waals surface area (Å²) in [5, 5.41) is 12.2. The predicted octanol–water partition coefficient (Wildman–Crippen LogP) is 2.08. The Hall–Kier alpha value is -1.26. The van der Waals surface area contributed by atoms with Gasteiger partial charge in [-0.3, -0.25) is 4.79 Å². The van der Waals surface area contributed by atoms with Crippen molar-refractivity contribution in [2.24, 2.45) is 16.3 Å². The van der Waals surface area contributed by atoms with E-state index in [2.05, 4.69) is 19.0 Å². The average molecular weight is 267 g/mol. The minimum absolute atomic E-state index is 0.0694. The molecule has 1 aliphatic carbocycles. The van der Waals surface area contributed by atoms with Crippen LogP contribution in [0, 0.1) is 5.41 Å². The van der Waals surface area contributed by atoms with Gasteiger partial charge in [-0.15, -0.1) is 0 Å². The van der Waals surface area contributed by atoms with Gasteiger partial charge in [-0.2, -0.15) is 0 Å². The lowest BCUT2D eigenvalue weighted by atomic mass is 9.81. The molecule has 0 aromatic heterocycles. The van der Waals surface area contributed by atoms with E-state index in [0.29, 0.717) is 12.8 Å². The highest BCUT2D eigenvalue weighted by atomic mass is 16.4. The first-order chi connectivity index (χ1) is 9.03. The summed E-state index contributed by atoms with van der Waals surface area (Å²) < 4.78 is 0. The maximum Gasteiger partial charge on any atom is 0.237 e. The average Bonchev–Trinajstić information content (AvgIpc) is 2.88. The number of nitrogens with two attached hydrogens (primary N) is 1. The molecule has 5 heteroatoms. The molecule has 0 aromatic carbocycles. The van der Waals surface area contributed by atoms with E-state index in [4.69, 9.17) is 10.9 Å². The predicted molar refractivity (Wildman–Crippen MR) is 73.9 cm³/mol. The van der Waals surface area contributed by atoms with Crippen molar-refractivity contribution in [3.05, 3.63) is 0 Å². The lowest BCUT2D eigenvalue weighted by Gasteiger charge is -2.43. The second kappa shape index (κ2) is 5.39. The van der Waals surface area contributed by atoms with Crippen LogP contribution in [-0.2, 0) is 4.79 Å². The molecule has 2 unspecified atom stereocenters. The van der Waals surface area contributed by atoms with E-state index in [1.54, 1.807) is 0 Å². The topological polar surface area (TPSA) is 78.9 Å². The van der Waals surface area contributed by atoms with Gasteiger partial charge in [0, 0.05) is 12.1 Å². The van der Waals surface area contributed by atoms with Crippen LogP contribution in [0.25, 0.3) is 0 Å². The van der Waals surface area contributed by atoms with Crippen LogP contribution in [0.3, 0.4) is 0 Å². The van der Waals surface area contributed by atoms with E-state index in [1.807, 2.05) is 4.90 Å². The Kier molecular flexibility index (Phi) is 4.02. The van der Waals surface area contributed by atoms with Gasteiger partial charge in [-0.1, -0.05) is 18.0 Å². The Bertz CT molecular complexity index is 365. The molecule has 1 saturated heterocycles.